The SMILES string of the molecule is CCC(CC)(CN)C(=O)N[C@@H](C)c1cccs1. The van der Waals surface area contributed by atoms with E-state index in [4.69, 9.17) is 5.73 Å². The highest BCUT2D eigenvalue weighted by atomic mass is 32.1. The monoisotopic (exact) mass is 254 g/mol. The van der Waals surface area contributed by atoms with E-state index in [1.807, 2.05) is 38.3 Å². The van der Waals surface area contributed by atoms with Crippen LogP contribution in [0.25, 0.3) is 0 Å². The minimum Gasteiger partial charge on any atom is -0.348 e. The van der Waals surface area contributed by atoms with Crippen LogP contribution in [0.5, 0.6) is 0 Å². The molecule has 0 radical (unpaired) electrons. The van der Waals surface area contributed by atoms with Crippen molar-refractivity contribution in [2.24, 2.45) is 11.1 Å². The van der Waals surface area contributed by atoms with Crippen molar-refractivity contribution >= 4 is 17.2 Å². The van der Waals surface area contributed by atoms with Crippen LogP contribution in [-0.4, -0.2) is 12.5 Å². The quantitative estimate of drug-likeness (QED) is 0.820. The highest BCUT2D eigenvalue weighted by Crippen LogP contribution is 2.27. The topological polar surface area (TPSA) is 55.1 Å². The van der Waals surface area contributed by atoms with Crippen LogP contribution in [0.15, 0.2) is 17.5 Å². The van der Waals surface area contributed by atoms with Gasteiger partial charge in [0.25, 0.3) is 0 Å². The predicted molar refractivity (Wildman–Crippen MR) is 72.9 cm³/mol. The first kappa shape index (κ1) is 14.2. The second kappa shape index (κ2) is 6.17. The molecular weight excluding hydrogens is 232 g/mol. The fourth-order valence-corrected chi connectivity index (χ4v) is 2.65. The van der Waals surface area contributed by atoms with Gasteiger partial charge in [0.05, 0.1) is 11.5 Å². The van der Waals surface area contributed by atoms with Crippen molar-refractivity contribution in [1.29, 1.82) is 0 Å². The number of carbonyl (C=O) groups excluding carboxylic acids is 1. The predicted octanol–water partition coefficient (Wildman–Crippen LogP) is 2.69. The average molecular weight is 254 g/mol. The largest absolute Gasteiger partial charge is 0.348 e. The molecule has 1 aromatic heterocycles. The summed E-state index contributed by atoms with van der Waals surface area (Å²) >= 11 is 1.66. The number of nitrogens with one attached hydrogen (secondary N) is 1. The zero-order valence-corrected chi connectivity index (χ0v) is 11.6. The van der Waals surface area contributed by atoms with E-state index in [1.54, 1.807) is 11.3 Å². The van der Waals surface area contributed by atoms with Crippen molar-refractivity contribution in [2.75, 3.05) is 6.54 Å². The van der Waals surface area contributed by atoms with Gasteiger partial charge in [0.2, 0.25) is 5.91 Å². The molecule has 1 atom stereocenters. The summed E-state index contributed by atoms with van der Waals surface area (Å²) < 4.78 is 0. The highest BCUT2D eigenvalue weighted by Gasteiger charge is 2.34. The Morgan fingerprint density at radius 1 is 1.53 bits per heavy atom. The maximum atomic E-state index is 12.3. The lowest BCUT2D eigenvalue weighted by Crippen LogP contribution is -2.45. The Morgan fingerprint density at radius 3 is 2.59 bits per heavy atom. The molecule has 0 aliphatic rings. The fraction of sp³-hybridized carbons (Fsp3) is 0.615. The van der Waals surface area contributed by atoms with E-state index in [9.17, 15) is 4.79 Å². The van der Waals surface area contributed by atoms with Crippen LogP contribution in [0.2, 0.25) is 0 Å². The lowest BCUT2D eigenvalue weighted by molar-refractivity contribution is -0.131. The molecule has 3 nitrogen and oxygen atoms in total. The molecule has 96 valence electrons. The van der Waals surface area contributed by atoms with E-state index in [1.165, 1.54) is 4.88 Å². The average Bonchev–Trinajstić information content (AvgIpc) is 2.85. The van der Waals surface area contributed by atoms with Gasteiger partial charge in [-0.05, 0) is 31.2 Å². The van der Waals surface area contributed by atoms with Crippen molar-refractivity contribution in [3.05, 3.63) is 22.4 Å². The number of hydrogen-bond donors (Lipinski definition) is 2. The van der Waals surface area contributed by atoms with Gasteiger partial charge in [-0.3, -0.25) is 4.79 Å². The molecule has 1 heterocycles. The molecule has 0 bridgehead atoms. The number of hydrogen-bond acceptors (Lipinski definition) is 3. The Morgan fingerprint density at radius 2 is 2.18 bits per heavy atom. The third-order valence-electron chi connectivity index (χ3n) is 3.54. The molecule has 0 spiro atoms. The summed E-state index contributed by atoms with van der Waals surface area (Å²) in [6.07, 6.45) is 1.56. The third kappa shape index (κ3) is 3.07. The zero-order valence-electron chi connectivity index (χ0n) is 10.8. The van der Waals surface area contributed by atoms with Gasteiger partial charge in [0.15, 0.2) is 0 Å². The fourth-order valence-electron chi connectivity index (χ4n) is 1.91. The van der Waals surface area contributed by atoms with E-state index in [2.05, 4.69) is 5.32 Å². The minimum absolute atomic E-state index is 0.0616. The smallest absolute Gasteiger partial charge is 0.227 e. The van der Waals surface area contributed by atoms with E-state index in [-0.39, 0.29) is 11.9 Å². The van der Waals surface area contributed by atoms with Crippen molar-refractivity contribution in [3.8, 4) is 0 Å². The van der Waals surface area contributed by atoms with Crippen molar-refractivity contribution in [2.45, 2.75) is 39.7 Å². The number of amides is 1. The molecule has 17 heavy (non-hydrogen) atoms. The Balaban J connectivity index is 2.71. The van der Waals surface area contributed by atoms with Crippen molar-refractivity contribution in [3.63, 3.8) is 0 Å². The van der Waals surface area contributed by atoms with Crippen molar-refractivity contribution in [1.82, 2.24) is 5.32 Å². The summed E-state index contributed by atoms with van der Waals surface area (Å²) in [5.41, 5.74) is 5.35. The first-order valence-corrected chi connectivity index (χ1v) is 7.02. The summed E-state index contributed by atoms with van der Waals surface area (Å²) in [5, 5.41) is 5.09. The van der Waals surface area contributed by atoms with Crippen LogP contribution >= 0.6 is 11.3 Å². The first-order chi connectivity index (χ1) is 8.09. The molecule has 3 N–H and O–H groups in total. The van der Waals surface area contributed by atoms with Crippen LogP contribution in [-0.2, 0) is 4.79 Å². The summed E-state index contributed by atoms with van der Waals surface area (Å²) in [6, 6.07) is 4.10. The Hall–Kier alpha value is -0.870. The summed E-state index contributed by atoms with van der Waals surface area (Å²) in [4.78, 5) is 13.5. The number of carbonyl (C=O) groups is 1. The molecule has 1 amide bonds. The molecule has 0 aromatic carbocycles. The van der Waals surface area contributed by atoms with E-state index in [0.717, 1.165) is 12.8 Å². The molecule has 0 fully saturated rings. The molecule has 1 aromatic rings. The third-order valence-corrected chi connectivity index (χ3v) is 4.60. The number of thiophene rings is 1. The lowest BCUT2D eigenvalue weighted by Gasteiger charge is -2.30. The minimum atomic E-state index is -0.411. The maximum Gasteiger partial charge on any atom is 0.227 e. The van der Waals surface area contributed by atoms with Gasteiger partial charge in [-0.2, -0.15) is 0 Å². The van der Waals surface area contributed by atoms with Crippen molar-refractivity contribution < 1.29 is 4.79 Å². The molecule has 0 saturated carbocycles. The van der Waals surface area contributed by atoms with Crippen LogP contribution in [0.1, 0.15) is 44.5 Å². The van der Waals surface area contributed by atoms with E-state index < -0.39 is 5.41 Å². The number of rotatable bonds is 6. The van der Waals surface area contributed by atoms with Crippen LogP contribution in [0.3, 0.4) is 0 Å². The normalized spacial score (nSPS) is 13.4. The van der Waals surface area contributed by atoms with Gasteiger partial charge in [0, 0.05) is 11.4 Å². The zero-order chi connectivity index (χ0) is 12.9. The molecule has 0 unspecified atom stereocenters. The van der Waals surface area contributed by atoms with Crippen LogP contribution < -0.4 is 11.1 Å². The van der Waals surface area contributed by atoms with Gasteiger partial charge in [-0.25, -0.2) is 0 Å². The highest BCUT2D eigenvalue weighted by molar-refractivity contribution is 7.10. The lowest BCUT2D eigenvalue weighted by atomic mass is 9.81. The summed E-state index contributed by atoms with van der Waals surface area (Å²) in [7, 11) is 0. The molecule has 4 heteroatoms. The van der Waals surface area contributed by atoms with Gasteiger partial charge >= 0.3 is 0 Å². The first-order valence-electron chi connectivity index (χ1n) is 6.14. The van der Waals surface area contributed by atoms with E-state index in [0.29, 0.717) is 6.54 Å². The van der Waals surface area contributed by atoms with Gasteiger partial charge in [-0.1, -0.05) is 19.9 Å². The number of nitrogens with two attached hydrogens (primary N) is 1. The van der Waals surface area contributed by atoms with Gasteiger partial charge < -0.3 is 11.1 Å². The van der Waals surface area contributed by atoms with E-state index >= 15 is 0 Å². The van der Waals surface area contributed by atoms with Gasteiger partial charge in [-0.15, -0.1) is 11.3 Å². The second-order valence-electron chi connectivity index (χ2n) is 4.40. The molecule has 0 aliphatic carbocycles. The van der Waals surface area contributed by atoms with Gasteiger partial charge in [0.1, 0.15) is 0 Å². The van der Waals surface area contributed by atoms with Crippen LogP contribution in [0.4, 0.5) is 0 Å². The molecule has 1 rings (SSSR count). The Kier molecular flexibility index (Phi) is 5.15. The molecule has 0 saturated heterocycles. The standard InChI is InChI=1S/C13H22N2OS/c1-4-13(5-2,9-14)12(16)15-10(3)11-7-6-8-17-11/h6-8,10H,4-5,9,14H2,1-3H3,(H,15,16)/t10-/m0/s1. The molecular formula is C13H22N2OS. The molecule has 0 aliphatic heterocycles. The second-order valence-corrected chi connectivity index (χ2v) is 5.38. The Bertz CT molecular complexity index is 336. The van der Waals surface area contributed by atoms with Crippen LogP contribution in [0, 0.1) is 5.41 Å². The summed E-state index contributed by atoms with van der Waals surface area (Å²) in [5.74, 6) is 0.0749. The maximum absolute atomic E-state index is 12.3. The summed E-state index contributed by atoms with van der Waals surface area (Å²) in [6.45, 7) is 6.46. The Labute approximate surface area is 107 Å².